The lowest BCUT2D eigenvalue weighted by Gasteiger charge is -2.25. The Kier molecular flexibility index (Phi) is 6.20. The Bertz CT molecular complexity index is 752. The maximum atomic E-state index is 9.51. The zero-order valence-corrected chi connectivity index (χ0v) is 15.8. The van der Waals surface area contributed by atoms with Gasteiger partial charge in [0.15, 0.2) is 11.5 Å². The molecule has 2 aliphatic rings. The SMILES string of the molecule is CCCN1CCCCC1.Nc1c2c(nc3cc(O)c(O)cc13)CCCC2. The van der Waals surface area contributed by atoms with E-state index in [0.29, 0.717) is 11.2 Å². The smallest absolute Gasteiger partial charge is 0.159 e. The Morgan fingerprint density at radius 1 is 1.00 bits per heavy atom. The van der Waals surface area contributed by atoms with Crippen LogP contribution in [-0.4, -0.2) is 39.7 Å². The number of fused-ring (bicyclic) bond motifs is 2. The van der Waals surface area contributed by atoms with Gasteiger partial charge in [-0.05, 0) is 76.2 Å². The zero-order chi connectivity index (χ0) is 18.5. The number of phenolic OH excluding ortho intramolecular Hbond substituents is 2. The molecule has 5 nitrogen and oxygen atoms in total. The summed E-state index contributed by atoms with van der Waals surface area (Å²) >= 11 is 0. The molecule has 0 saturated carbocycles. The van der Waals surface area contributed by atoms with E-state index in [1.165, 1.54) is 57.5 Å². The minimum Gasteiger partial charge on any atom is -0.504 e. The summed E-state index contributed by atoms with van der Waals surface area (Å²) in [5.41, 5.74) is 9.61. The predicted molar refractivity (Wildman–Crippen MR) is 107 cm³/mol. The molecule has 1 aromatic carbocycles. The number of aromatic hydroxyl groups is 2. The van der Waals surface area contributed by atoms with Crippen LogP contribution in [-0.2, 0) is 12.8 Å². The fourth-order valence-electron chi connectivity index (χ4n) is 3.98. The summed E-state index contributed by atoms with van der Waals surface area (Å²) in [7, 11) is 0. The second-order valence-electron chi connectivity index (χ2n) is 7.42. The van der Waals surface area contributed by atoms with Crippen LogP contribution in [0.5, 0.6) is 11.5 Å². The van der Waals surface area contributed by atoms with Gasteiger partial charge in [0.1, 0.15) is 0 Å². The molecule has 1 aliphatic carbocycles. The number of hydrogen-bond acceptors (Lipinski definition) is 5. The minimum atomic E-state index is -0.153. The normalized spacial score (nSPS) is 17.4. The summed E-state index contributed by atoms with van der Waals surface area (Å²) in [6.45, 7) is 6.29. The van der Waals surface area contributed by atoms with Crippen molar-refractivity contribution in [2.45, 2.75) is 58.3 Å². The first kappa shape index (κ1) is 18.8. The standard InChI is InChI=1S/C13H14N2O2.C8H17N/c14-13-7-3-1-2-4-9(7)15-10-6-12(17)11(16)5-8(10)13;1-2-6-9-7-4-3-5-8-9/h5-6,16-17H,1-4H2,(H2,14,15);2-8H2,1H3. The Morgan fingerprint density at radius 3 is 2.42 bits per heavy atom. The molecule has 0 bridgehead atoms. The van der Waals surface area contributed by atoms with Gasteiger partial charge in [0.25, 0.3) is 0 Å². The summed E-state index contributed by atoms with van der Waals surface area (Å²) in [6.07, 6.45) is 9.80. The second kappa shape index (κ2) is 8.58. The Hall–Kier alpha value is -2.01. The molecule has 0 spiro atoms. The van der Waals surface area contributed by atoms with Crippen LogP contribution in [0, 0.1) is 0 Å². The highest BCUT2D eigenvalue weighted by atomic mass is 16.3. The van der Waals surface area contributed by atoms with Crippen molar-refractivity contribution < 1.29 is 10.2 Å². The third-order valence-corrected chi connectivity index (χ3v) is 5.39. The fraction of sp³-hybridized carbons (Fsp3) is 0.571. The molecule has 0 atom stereocenters. The lowest BCUT2D eigenvalue weighted by molar-refractivity contribution is 0.229. The van der Waals surface area contributed by atoms with Crippen molar-refractivity contribution in [1.82, 2.24) is 9.88 Å². The number of aromatic nitrogens is 1. The van der Waals surface area contributed by atoms with Crippen LogP contribution in [0.4, 0.5) is 5.69 Å². The number of nitrogens with zero attached hydrogens (tertiary/aromatic N) is 2. The van der Waals surface area contributed by atoms with E-state index in [0.717, 1.165) is 42.3 Å². The number of hydrogen-bond donors (Lipinski definition) is 3. The van der Waals surface area contributed by atoms with Crippen LogP contribution in [0.25, 0.3) is 10.9 Å². The lowest BCUT2D eigenvalue weighted by atomic mass is 9.93. The summed E-state index contributed by atoms with van der Waals surface area (Å²) in [5, 5.41) is 19.7. The number of likely N-dealkylation sites (tertiary alicyclic amines) is 1. The number of aryl methyl sites for hydroxylation is 1. The van der Waals surface area contributed by atoms with Gasteiger partial charge in [-0.2, -0.15) is 0 Å². The molecule has 26 heavy (non-hydrogen) atoms. The van der Waals surface area contributed by atoms with Crippen LogP contribution in [0.3, 0.4) is 0 Å². The van der Waals surface area contributed by atoms with Gasteiger partial charge in [-0.15, -0.1) is 0 Å². The van der Waals surface area contributed by atoms with Gasteiger partial charge < -0.3 is 20.8 Å². The molecular weight excluding hydrogens is 326 g/mol. The molecule has 2 heterocycles. The van der Waals surface area contributed by atoms with Crippen LogP contribution < -0.4 is 5.73 Å². The molecule has 2 aromatic rings. The van der Waals surface area contributed by atoms with Crippen molar-refractivity contribution in [3.8, 4) is 11.5 Å². The Balaban J connectivity index is 0.000000185. The molecule has 4 N–H and O–H groups in total. The van der Waals surface area contributed by atoms with E-state index in [1.54, 1.807) is 0 Å². The maximum Gasteiger partial charge on any atom is 0.159 e. The summed E-state index contributed by atoms with van der Waals surface area (Å²) < 4.78 is 0. The van der Waals surface area contributed by atoms with Gasteiger partial charge in [-0.25, -0.2) is 0 Å². The van der Waals surface area contributed by atoms with E-state index in [-0.39, 0.29) is 11.5 Å². The fourth-order valence-corrected chi connectivity index (χ4v) is 3.98. The summed E-state index contributed by atoms with van der Waals surface area (Å²) in [4.78, 5) is 7.10. The van der Waals surface area contributed by atoms with Gasteiger partial charge >= 0.3 is 0 Å². The molecule has 4 rings (SSSR count). The molecule has 1 aliphatic heterocycles. The van der Waals surface area contributed by atoms with Crippen LogP contribution in [0.15, 0.2) is 12.1 Å². The van der Waals surface area contributed by atoms with Crippen LogP contribution in [0.2, 0.25) is 0 Å². The Morgan fingerprint density at radius 2 is 1.69 bits per heavy atom. The van der Waals surface area contributed by atoms with E-state index >= 15 is 0 Å². The third kappa shape index (κ3) is 4.21. The number of benzene rings is 1. The largest absolute Gasteiger partial charge is 0.504 e. The van der Waals surface area contributed by atoms with Gasteiger partial charge in [-0.3, -0.25) is 4.98 Å². The van der Waals surface area contributed by atoms with Crippen molar-refractivity contribution in [2.75, 3.05) is 25.4 Å². The van der Waals surface area contributed by atoms with E-state index in [9.17, 15) is 10.2 Å². The quantitative estimate of drug-likeness (QED) is 0.708. The Labute approximate surface area is 155 Å². The molecule has 0 amide bonds. The first-order valence-electron chi connectivity index (χ1n) is 9.95. The third-order valence-electron chi connectivity index (χ3n) is 5.39. The van der Waals surface area contributed by atoms with E-state index in [2.05, 4.69) is 16.8 Å². The molecule has 1 aromatic heterocycles. The number of nitrogens with two attached hydrogens (primary N) is 1. The highest BCUT2D eigenvalue weighted by Gasteiger charge is 2.17. The predicted octanol–water partition coefficient (Wildman–Crippen LogP) is 3.99. The molecule has 5 heteroatoms. The lowest BCUT2D eigenvalue weighted by Crippen LogP contribution is -2.30. The van der Waals surface area contributed by atoms with Crippen molar-refractivity contribution in [3.05, 3.63) is 23.4 Å². The van der Waals surface area contributed by atoms with Gasteiger partial charge in [0, 0.05) is 22.8 Å². The van der Waals surface area contributed by atoms with Crippen molar-refractivity contribution in [3.63, 3.8) is 0 Å². The number of phenols is 2. The van der Waals surface area contributed by atoms with E-state index < -0.39 is 0 Å². The second-order valence-corrected chi connectivity index (χ2v) is 7.42. The van der Waals surface area contributed by atoms with Crippen molar-refractivity contribution >= 4 is 16.6 Å². The minimum absolute atomic E-state index is 0.151. The monoisotopic (exact) mass is 357 g/mol. The van der Waals surface area contributed by atoms with Gasteiger partial charge in [0.05, 0.1) is 5.52 Å². The highest BCUT2D eigenvalue weighted by Crippen LogP contribution is 2.36. The van der Waals surface area contributed by atoms with Crippen molar-refractivity contribution in [1.29, 1.82) is 0 Å². The maximum absolute atomic E-state index is 9.51. The number of nitrogen functional groups attached to an aromatic ring is 1. The molecular formula is C21H31N3O2. The van der Waals surface area contributed by atoms with Gasteiger partial charge in [0.2, 0.25) is 0 Å². The number of piperidine rings is 1. The molecule has 1 saturated heterocycles. The number of anilines is 1. The van der Waals surface area contributed by atoms with Crippen LogP contribution in [0.1, 0.15) is 56.7 Å². The average molecular weight is 357 g/mol. The summed E-state index contributed by atoms with van der Waals surface area (Å²) in [5.74, 6) is -0.304. The molecule has 0 radical (unpaired) electrons. The number of pyridine rings is 1. The topological polar surface area (TPSA) is 82.6 Å². The first-order valence-corrected chi connectivity index (χ1v) is 9.95. The van der Waals surface area contributed by atoms with Gasteiger partial charge in [-0.1, -0.05) is 13.3 Å². The highest BCUT2D eigenvalue weighted by molar-refractivity contribution is 5.94. The average Bonchev–Trinajstić information content (AvgIpc) is 2.66. The molecule has 142 valence electrons. The van der Waals surface area contributed by atoms with Crippen molar-refractivity contribution in [2.24, 2.45) is 0 Å². The van der Waals surface area contributed by atoms with E-state index in [4.69, 9.17) is 5.73 Å². The summed E-state index contributed by atoms with van der Waals surface area (Å²) in [6, 6.07) is 2.96. The van der Waals surface area contributed by atoms with Crippen LogP contribution >= 0.6 is 0 Å². The zero-order valence-electron chi connectivity index (χ0n) is 15.8. The molecule has 1 fully saturated rings. The number of rotatable bonds is 2. The van der Waals surface area contributed by atoms with E-state index in [1.807, 2.05) is 0 Å². The molecule has 0 unspecified atom stereocenters. The first-order chi connectivity index (χ1) is 12.6.